The van der Waals surface area contributed by atoms with Crippen LogP contribution in [0.5, 0.6) is 0 Å². The number of aliphatic hydroxyl groups excluding tert-OH is 1. The number of nitro benzene ring substituents is 1. The highest BCUT2D eigenvalue weighted by atomic mass is 31.2. The lowest BCUT2D eigenvalue weighted by atomic mass is 10.1. The van der Waals surface area contributed by atoms with Crippen LogP contribution >= 0.6 is 7.37 Å². The molecule has 1 aliphatic rings. The Bertz CT molecular complexity index is 1470. The minimum atomic E-state index is -4.04. The van der Waals surface area contributed by atoms with Gasteiger partial charge in [0.25, 0.3) is 13.1 Å². The first-order chi connectivity index (χ1) is 20.4. The lowest BCUT2D eigenvalue weighted by molar-refractivity contribution is -0.384. The van der Waals surface area contributed by atoms with E-state index in [9.17, 15) is 19.8 Å². The maximum Gasteiger partial charge on any atom is 0.269 e. The third-order valence-electron chi connectivity index (χ3n) is 7.01. The topological polar surface area (TPSA) is 117 Å². The lowest BCUT2D eigenvalue weighted by Gasteiger charge is -2.44. The molecule has 4 aromatic rings. The van der Waals surface area contributed by atoms with Crippen LogP contribution in [0.15, 0.2) is 115 Å². The fourth-order valence-corrected chi connectivity index (χ4v) is 7.14. The highest BCUT2D eigenvalue weighted by Crippen LogP contribution is 2.57. The average molecular weight is 590 g/mol. The minimum absolute atomic E-state index is 0.00321. The Morgan fingerprint density at radius 2 is 1.19 bits per heavy atom. The van der Waals surface area contributed by atoms with E-state index < -0.39 is 36.4 Å². The maximum absolute atomic E-state index is 14.5. The van der Waals surface area contributed by atoms with Crippen molar-refractivity contribution >= 4 is 18.4 Å². The van der Waals surface area contributed by atoms with Crippen LogP contribution in [0, 0.1) is 10.1 Å². The van der Waals surface area contributed by atoms with Crippen molar-refractivity contribution in [3.8, 4) is 0 Å². The van der Waals surface area contributed by atoms with Crippen molar-refractivity contribution in [2.45, 2.75) is 44.0 Å². The summed E-state index contributed by atoms with van der Waals surface area (Å²) >= 11 is 0. The predicted octanol–water partition coefficient (Wildman–Crippen LogP) is 5.60. The fraction of sp³-hybridized carbons (Fsp3) is 0.250. The van der Waals surface area contributed by atoms with Crippen LogP contribution in [-0.4, -0.2) is 40.8 Å². The SMILES string of the molecule is O=[N+]([O-])c1ccc(P2(=O)OC(COCc3ccccc3)C(OCc3ccccc3)C(OCc3ccccc3)C2O)cc1. The number of rotatable bonds is 12. The molecule has 1 fully saturated rings. The summed E-state index contributed by atoms with van der Waals surface area (Å²) in [4.78, 5) is 10.7. The molecule has 0 spiro atoms. The first-order valence-corrected chi connectivity index (χ1v) is 15.3. The van der Waals surface area contributed by atoms with Crippen molar-refractivity contribution in [1.29, 1.82) is 0 Å². The molecule has 5 unspecified atom stereocenters. The van der Waals surface area contributed by atoms with Crippen LogP contribution in [0.4, 0.5) is 5.69 Å². The molecule has 5 rings (SSSR count). The standard InChI is InChI=1S/C32H32NO8P/c34-32-31(40-22-26-14-8-3-9-15-26)30(39-21-25-12-6-2-7-13-25)29(23-38-20-24-10-4-1-5-11-24)41-42(32,37)28-18-16-27(17-19-28)33(35)36/h1-19,29-32,34H,20-23H2. The second-order valence-corrected chi connectivity index (χ2v) is 12.4. The molecule has 1 saturated heterocycles. The van der Waals surface area contributed by atoms with Crippen molar-refractivity contribution in [3.63, 3.8) is 0 Å². The largest absolute Gasteiger partial charge is 0.380 e. The number of nitro groups is 1. The Morgan fingerprint density at radius 3 is 1.69 bits per heavy atom. The van der Waals surface area contributed by atoms with E-state index in [1.165, 1.54) is 24.3 Å². The van der Waals surface area contributed by atoms with E-state index in [1.54, 1.807) is 0 Å². The van der Waals surface area contributed by atoms with Crippen LogP contribution < -0.4 is 5.30 Å². The summed E-state index contributed by atoms with van der Waals surface area (Å²) in [5, 5.41) is 23.0. The van der Waals surface area contributed by atoms with Gasteiger partial charge in [-0.05, 0) is 28.8 Å². The zero-order valence-electron chi connectivity index (χ0n) is 22.8. The second kappa shape index (κ2) is 14.0. The van der Waals surface area contributed by atoms with Crippen molar-refractivity contribution < 1.29 is 33.3 Å². The highest BCUT2D eigenvalue weighted by Gasteiger charge is 2.54. The molecule has 1 N–H and O–H groups in total. The van der Waals surface area contributed by atoms with Gasteiger partial charge >= 0.3 is 0 Å². The minimum Gasteiger partial charge on any atom is -0.380 e. The molecule has 4 aromatic carbocycles. The first-order valence-electron chi connectivity index (χ1n) is 13.6. The Kier molecular flexibility index (Phi) is 9.92. The molecule has 10 heteroatoms. The summed E-state index contributed by atoms with van der Waals surface area (Å²) in [6.07, 6.45) is -2.79. The van der Waals surface area contributed by atoms with E-state index in [4.69, 9.17) is 18.7 Å². The van der Waals surface area contributed by atoms with Crippen LogP contribution in [0.2, 0.25) is 0 Å². The smallest absolute Gasteiger partial charge is 0.269 e. The van der Waals surface area contributed by atoms with Gasteiger partial charge in [0.05, 0.1) is 31.4 Å². The lowest BCUT2D eigenvalue weighted by Crippen LogP contribution is -2.55. The Balaban J connectivity index is 1.46. The molecular formula is C32H32NO8P. The molecule has 1 heterocycles. The third-order valence-corrected chi connectivity index (χ3v) is 9.60. The number of benzene rings is 4. The molecule has 0 bridgehead atoms. The molecule has 0 aromatic heterocycles. The zero-order valence-corrected chi connectivity index (χ0v) is 23.7. The van der Waals surface area contributed by atoms with E-state index in [0.29, 0.717) is 0 Å². The number of aliphatic hydroxyl groups is 1. The Hall–Kier alpha value is -3.69. The number of non-ortho nitro benzene ring substituents is 1. The molecule has 0 aliphatic carbocycles. The summed E-state index contributed by atoms with van der Waals surface area (Å²) in [5.41, 5.74) is 2.55. The number of hydrogen-bond donors (Lipinski definition) is 1. The zero-order chi connectivity index (χ0) is 29.4. The molecule has 218 valence electrons. The summed E-state index contributed by atoms with van der Waals surface area (Å²) < 4.78 is 39.3. The van der Waals surface area contributed by atoms with Gasteiger partial charge in [0.15, 0.2) is 5.85 Å². The molecular weight excluding hydrogens is 557 g/mol. The maximum atomic E-state index is 14.5. The second-order valence-electron chi connectivity index (χ2n) is 9.95. The van der Waals surface area contributed by atoms with Crippen molar-refractivity contribution in [2.75, 3.05) is 6.61 Å². The van der Waals surface area contributed by atoms with E-state index in [1.807, 2.05) is 91.0 Å². The van der Waals surface area contributed by atoms with E-state index >= 15 is 0 Å². The van der Waals surface area contributed by atoms with Gasteiger partial charge in [-0.1, -0.05) is 91.0 Å². The van der Waals surface area contributed by atoms with Crippen LogP contribution in [0.25, 0.3) is 0 Å². The van der Waals surface area contributed by atoms with Gasteiger partial charge in [0, 0.05) is 17.4 Å². The molecule has 5 atom stereocenters. The third kappa shape index (κ3) is 7.20. The van der Waals surface area contributed by atoms with Gasteiger partial charge in [-0.2, -0.15) is 0 Å². The summed E-state index contributed by atoms with van der Waals surface area (Å²) in [7, 11) is -4.04. The van der Waals surface area contributed by atoms with Gasteiger partial charge in [-0.3, -0.25) is 14.7 Å². The molecule has 9 nitrogen and oxygen atoms in total. The van der Waals surface area contributed by atoms with Crippen molar-refractivity contribution in [3.05, 3.63) is 142 Å². The van der Waals surface area contributed by atoms with Gasteiger partial charge in [-0.15, -0.1) is 0 Å². The van der Waals surface area contributed by atoms with Crippen molar-refractivity contribution in [2.24, 2.45) is 0 Å². The Labute approximate surface area is 244 Å². The fourth-order valence-electron chi connectivity index (χ4n) is 4.80. The molecule has 0 amide bonds. The van der Waals surface area contributed by atoms with E-state index in [-0.39, 0.29) is 37.4 Å². The van der Waals surface area contributed by atoms with Gasteiger partial charge < -0.3 is 23.8 Å². The molecule has 0 radical (unpaired) electrons. The van der Waals surface area contributed by atoms with Crippen molar-refractivity contribution in [1.82, 2.24) is 0 Å². The highest BCUT2D eigenvalue weighted by molar-refractivity contribution is 7.67. The van der Waals surface area contributed by atoms with Gasteiger partial charge in [-0.25, -0.2) is 0 Å². The quantitative estimate of drug-likeness (QED) is 0.129. The van der Waals surface area contributed by atoms with E-state index in [2.05, 4.69) is 0 Å². The summed E-state index contributed by atoms with van der Waals surface area (Å²) in [6.45, 7) is 0.616. The van der Waals surface area contributed by atoms with Gasteiger partial charge in [0.1, 0.15) is 18.3 Å². The number of nitrogens with zero attached hydrogens (tertiary/aromatic N) is 1. The predicted molar refractivity (Wildman–Crippen MR) is 157 cm³/mol. The number of ether oxygens (including phenoxy) is 3. The number of hydrogen-bond acceptors (Lipinski definition) is 8. The van der Waals surface area contributed by atoms with Gasteiger partial charge in [0.2, 0.25) is 0 Å². The van der Waals surface area contributed by atoms with Crippen LogP contribution in [0.1, 0.15) is 16.7 Å². The first kappa shape index (κ1) is 29.8. The Morgan fingerprint density at radius 1 is 0.714 bits per heavy atom. The molecule has 0 saturated carbocycles. The summed E-state index contributed by atoms with van der Waals surface area (Å²) in [6, 6.07) is 33.8. The normalized spacial score (nSPS) is 23.8. The van der Waals surface area contributed by atoms with E-state index in [0.717, 1.165) is 16.7 Å². The molecule has 1 aliphatic heterocycles. The average Bonchev–Trinajstić information content (AvgIpc) is 3.03. The summed E-state index contributed by atoms with van der Waals surface area (Å²) in [5.74, 6) is -1.60. The monoisotopic (exact) mass is 589 g/mol. The molecule has 42 heavy (non-hydrogen) atoms. The van der Waals surface area contributed by atoms with Crippen LogP contribution in [0.3, 0.4) is 0 Å². The van der Waals surface area contributed by atoms with Crippen LogP contribution in [-0.2, 0) is 43.1 Å².